The Hall–Kier alpha value is -14.8. The van der Waals surface area contributed by atoms with Crippen LogP contribution in [0, 0.1) is 41.5 Å². The minimum atomic E-state index is -0.918. The van der Waals surface area contributed by atoms with Crippen molar-refractivity contribution in [2.24, 2.45) is 5.73 Å². The van der Waals surface area contributed by atoms with Crippen molar-refractivity contribution < 1.29 is 82.2 Å². The Morgan fingerprint density at radius 3 is 0.620 bits per heavy atom. The maximum Gasteiger partial charge on any atom is 0.426 e. The van der Waals surface area contributed by atoms with Gasteiger partial charge >= 0.3 is 42.2 Å². The first-order valence-corrected chi connectivity index (χ1v) is 51.4. The molecule has 7 aliphatic rings. The minimum Gasteiger partial charge on any atom is -0.477 e. The van der Waals surface area contributed by atoms with Crippen LogP contribution >= 0.6 is 68.0 Å². The SMILES string of the molecule is Cc1sc(C(=O)NNC(=O)OCC2c3ccccc3-c3ccccc32)cc1C1=C(c2cc(C(=O)NNC(=O)OCC3c4ccccc4-c4ccccc43)sc2C)CCC1.Cc1sc(C(=O)O)cc1C1=C(c2cc(C(=O)NNC(=O)OCC3c4ccccc4-c4ccccc43)sc2C)CCC1.Cc1sc(C(=O)O)cc1C1=C(c2cc(C(=O)O)sc2C)CCC1.NCC(=O)OCC1c2ccccc2-c2ccccc21. The topological polar surface area (TPSA) is 367 Å². The van der Waals surface area contributed by atoms with Gasteiger partial charge in [0.1, 0.15) is 41.1 Å². The van der Waals surface area contributed by atoms with E-state index >= 15 is 0 Å². The molecule has 8 aromatic carbocycles. The number of hydrogen-bond donors (Lipinski definition) is 10. The van der Waals surface area contributed by atoms with Crippen LogP contribution in [0.2, 0.25) is 0 Å². The molecular formula is C112H99N7O17S6. The molecule has 21 rings (SSSR count). The fourth-order valence-corrected chi connectivity index (χ4v) is 25.9. The molecule has 6 aromatic heterocycles. The highest BCUT2D eigenvalue weighted by Crippen LogP contribution is 2.53. The number of carbonyl (C=O) groups excluding carboxylic acids is 7. The van der Waals surface area contributed by atoms with Crippen molar-refractivity contribution in [3.05, 3.63) is 367 Å². The molecule has 0 aliphatic heterocycles. The van der Waals surface area contributed by atoms with Gasteiger partial charge < -0.3 is 40.0 Å². The molecule has 0 unspecified atom stereocenters. The van der Waals surface area contributed by atoms with Crippen LogP contribution in [0.5, 0.6) is 0 Å². The van der Waals surface area contributed by atoms with Crippen LogP contribution in [0.4, 0.5) is 14.4 Å². The molecule has 0 saturated heterocycles. The average molecular weight is 2010 g/mol. The summed E-state index contributed by atoms with van der Waals surface area (Å²) in [4.78, 5) is 131. The number of thiophene rings is 6. The van der Waals surface area contributed by atoms with E-state index in [4.69, 9.17) is 24.7 Å². The zero-order valence-electron chi connectivity index (χ0n) is 78.2. The van der Waals surface area contributed by atoms with Gasteiger partial charge in [0.2, 0.25) is 0 Å². The van der Waals surface area contributed by atoms with Crippen molar-refractivity contribution in [2.75, 3.05) is 33.0 Å². The van der Waals surface area contributed by atoms with Gasteiger partial charge in [-0.15, -0.1) is 68.0 Å². The molecule has 6 heterocycles. The Morgan fingerprint density at radius 1 is 0.261 bits per heavy atom. The highest BCUT2D eigenvalue weighted by atomic mass is 32.1. The van der Waals surface area contributed by atoms with E-state index in [0.29, 0.717) is 35.9 Å². The Kier molecular flexibility index (Phi) is 29.3. The third-order valence-electron chi connectivity index (χ3n) is 26.8. The predicted molar refractivity (Wildman–Crippen MR) is 558 cm³/mol. The maximum absolute atomic E-state index is 13.2. The lowest BCUT2D eigenvalue weighted by atomic mass is 9.97. The van der Waals surface area contributed by atoms with E-state index in [1.54, 1.807) is 18.2 Å². The van der Waals surface area contributed by atoms with E-state index in [-0.39, 0.29) is 56.0 Å². The van der Waals surface area contributed by atoms with Crippen molar-refractivity contribution >= 4 is 161 Å². The number of rotatable bonds is 21. The second kappa shape index (κ2) is 42.7. The highest BCUT2D eigenvalue weighted by Gasteiger charge is 2.37. The third-order valence-corrected chi connectivity index (χ3v) is 33.1. The lowest BCUT2D eigenvalue weighted by Gasteiger charge is -2.14. The summed E-state index contributed by atoms with van der Waals surface area (Å²) in [7, 11) is 0. The molecule has 24 nitrogen and oxygen atoms in total. The highest BCUT2D eigenvalue weighted by molar-refractivity contribution is 7.16. The molecule has 720 valence electrons. The number of hydrazine groups is 3. The Balaban J connectivity index is 0.000000138. The van der Waals surface area contributed by atoms with Gasteiger partial charge in [-0.1, -0.05) is 194 Å². The Labute approximate surface area is 843 Å². The summed E-state index contributed by atoms with van der Waals surface area (Å²) in [6, 6.07) is 76.0. The molecule has 0 spiro atoms. The van der Waals surface area contributed by atoms with Gasteiger partial charge in [0, 0.05) is 52.9 Å². The summed E-state index contributed by atoms with van der Waals surface area (Å²) in [6.45, 7) is 12.5. The van der Waals surface area contributed by atoms with Gasteiger partial charge in [-0.05, 0) is 292 Å². The van der Waals surface area contributed by atoms with E-state index < -0.39 is 53.9 Å². The van der Waals surface area contributed by atoms with Gasteiger partial charge in [-0.3, -0.25) is 35.5 Å². The number of nitrogens with two attached hydrogens (primary N) is 1. The average Bonchev–Trinajstić information content (AvgIpc) is 1.61. The van der Waals surface area contributed by atoms with Crippen molar-refractivity contribution in [3.8, 4) is 44.5 Å². The lowest BCUT2D eigenvalue weighted by Crippen LogP contribution is -2.42. The van der Waals surface area contributed by atoms with Crippen LogP contribution in [-0.2, 0) is 23.7 Å². The zero-order valence-corrected chi connectivity index (χ0v) is 83.1. The molecule has 0 radical (unpaired) electrons. The van der Waals surface area contributed by atoms with Crippen LogP contribution in [0.15, 0.2) is 231 Å². The molecule has 0 fully saturated rings. The lowest BCUT2D eigenvalue weighted by molar-refractivity contribution is -0.142. The number of amides is 6. The number of allylic oxidation sites excluding steroid dienone is 6. The van der Waals surface area contributed by atoms with Crippen molar-refractivity contribution in [1.29, 1.82) is 0 Å². The second-order valence-corrected chi connectivity index (χ2v) is 42.7. The first-order valence-electron chi connectivity index (χ1n) is 46.5. The van der Waals surface area contributed by atoms with E-state index in [9.17, 15) is 63.3 Å². The number of benzene rings is 8. The number of ether oxygens (including phenoxy) is 4. The number of carbonyl (C=O) groups is 10. The smallest absolute Gasteiger partial charge is 0.426 e. The number of nitrogens with one attached hydrogen (secondary N) is 6. The third kappa shape index (κ3) is 20.3. The molecular weight excluding hydrogens is 1910 g/mol. The number of aryl methyl sites for hydroxylation is 6. The zero-order chi connectivity index (χ0) is 99.3. The summed E-state index contributed by atoms with van der Waals surface area (Å²) in [5.41, 5.74) is 51.2. The molecule has 142 heavy (non-hydrogen) atoms. The molecule has 0 atom stereocenters. The number of esters is 1. The van der Waals surface area contributed by atoms with Crippen LogP contribution in [0.1, 0.15) is 247 Å². The summed E-state index contributed by atoms with van der Waals surface area (Å²) >= 11 is 7.95. The van der Waals surface area contributed by atoms with Crippen LogP contribution in [0.3, 0.4) is 0 Å². The van der Waals surface area contributed by atoms with Crippen molar-refractivity contribution in [2.45, 2.75) is 123 Å². The van der Waals surface area contributed by atoms with Gasteiger partial charge in [0.25, 0.3) is 17.7 Å². The summed E-state index contributed by atoms with van der Waals surface area (Å²) < 4.78 is 21.9. The minimum absolute atomic E-state index is 0.0707. The molecule has 0 saturated carbocycles. The summed E-state index contributed by atoms with van der Waals surface area (Å²) in [6.07, 6.45) is 5.91. The fraction of sp³-hybridized carbons (Fsp3) is 0.214. The Morgan fingerprint density at radius 2 is 0.437 bits per heavy atom. The van der Waals surface area contributed by atoms with Crippen LogP contribution in [0.25, 0.3) is 77.9 Å². The monoisotopic (exact) mass is 2010 g/mol. The van der Waals surface area contributed by atoms with Crippen molar-refractivity contribution in [3.63, 3.8) is 0 Å². The number of aromatic carboxylic acids is 3. The molecule has 0 bridgehead atoms. The fourth-order valence-electron chi connectivity index (χ4n) is 20.4. The summed E-state index contributed by atoms with van der Waals surface area (Å²) in [5.74, 6) is -4.51. The van der Waals surface area contributed by atoms with Gasteiger partial charge in [-0.25, -0.2) is 45.0 Å². The predicted octanol–water partition coefficient (Wildman–Crippen LogP) is 24.5. The maximum atomic E-state index is 13.2. The van der Waals surface area contributed by atoms with E-state index in [2.05, 4.69) is 130 Å². The first kappa shape index (κ1) is 97.5. The van der Waals surface area contributed by atoms with E-state index in [1.807, 2.05) is 157 Å². The van der Waals surface area contributed by atoms with Crippen LogP contribution < -0.4 is 38.3 Å². The number of carboxylic acids is 3. The molecule has 7 aliphatic carbocycles. The molecule has 6 amide bonds. The second-order valence-electron chi connectivity index (χ2n) is 35.2. The quantitative estimate of drug-likeness (QED) is 0.0181. The number of hydrogen-bond acceptors (Lipinski definition) is 21. The summed E-state index contributed by atoms with van der Waals surface area (Å²) in [5, 5.41) is 27.8. The van der Waals surface area contributed by atoms with Crippen LogP contribution in [-0.4, -0.2) is 108 Å². The number of fused-ring (bicyclic) bond motifs is 12. The molecule has 11 N–H and O–H groups in total. The van der Waals surface area contributed by atoms with Gasteiger partial charge in [0.15, 0.2) is 0 Å². The van der Waals surface area contributed by atoms with Gasteiger partial charge in [-0.2, -0.15) is 0 Å². The first-order chi connectivity index (χ1) is 68.7. The number of carboxylic acid groups (broad SMARTS) is 3. The van der Waals surface area contributed by atoms with Crippen molar-refractivity contribution in [1.82, 2.24) is 32.6 Å². The van der Waals surface area contributed by atoms with Gasteiger partial charge in [0.05, 0.1) is 21.2 Å². The normalized spacial score (nSPS) is 13.9. The Bertz CT molecular complexity index is 7070. The molecule has 30 heteroatoms. The molecule has 14 aromatic rings. The largest absolute Gasteiger partial charge is 0.477 e. The standard InChI is InChI=1S/C47H40N4O6S2.C32H28N2O5S2.C17H16O4S2.C16H15NO2/c1-26-38(22-42(58-26)44(52)48-50-46(54)56-24-40-34-16-7-3-12-28(34)29-13-4-8-17-35(29)40)32-20-11-21-33(32)39-23-43(59-27(39)2)45(53)49-51-47(55)57-25-41-36-18-9-5-14-30(36)31-15-6-10-19-37(31)41;1-17-25(21-12-7-13-22(21)26-15-29(31(36)37)41-18(26)2)14-28(40-17)30(35)33-34-32(38)39-16-27-23-10-5-3-8-19(23)20-9-4-6-11-24(20)27;1-8-12(6-14(22-8)16(18)19)10-4-3-5-11(10)13-7-15(17(20)21)23-9(13)2;17-9-16(18)19-10-15-13-7-3-1-5-11(13)12-6-2-4-8-14(12)15/h3-10,12-19,22-23,40-41H,11,20-21,24-25H2,1-2H3,(H,48,52)(H,49,53)(H,50,54)(H,51,55);3-6,8-11,14-15,27H,7,12-13,16H2,1-2H3,(H,33,35)(H,34,38)(H,36,37);6-7H,3-5H2,1-2H3,(H,18,19)(H,20,21);1-8,15H,9-10,17H2. The van der Waals surface area contributed by atoms with E-state index in [0.717, 1.165) is 209 Å². The van der Waals surface area contributed by atoms with E-state index in [1.165, 1.54) is 101 Å².